The molecule has 4 heteroatoms. The normalized spacial score (nSPS) is 20.3. The molecule has 0 bridgehead atoms. The molecule has 1 aliphatic heterocycles. The van der Waals surface area contributed by atoms with Crippen molar-refractivity contribution in [3.63, 3.8) is 0 Å². The smallest absolute Gasteiger partial charge is 0.257 e. The largest absolute Gasteiger partial charge is 0.463 e. The third kappa shape index (κ3) is 2.05. The van der Waals surface area contributed by atoms with E-state index >= 15 is 0 Å². The molecule has 1 aliphatic rings. The van der Waals surface area contributed by atoms with E-state index in [1.54, 1.807) is 6.26 Å². The van der Waals surface area contributed by atoms with Crippen LogP contribution in [-0.4, -0.2) is 28.7 Å². The molecule has 0 aliphatic carbocycles. The second-order valence-electron chi connectivity index (χ2n) is 4.64. The van der Waals surface area contributed by atoms with Crippen LogP contribution in [0.5, 0.6) is 0 Å². The molecule has 1 atom stereocenters. The van der Waals surface area contributed by atoms with Crippen molar-refractivity contribution < 1.29 is 9.21 Å². The number of piperidine rings is 1. The van der Waals surface area contributed by atoms with E-state index in [0.29, 0.717) is 10.4 Å². The average molecular weight is 308 g/mol. The maximum absolute atomic E-state index is 12.5. The Morgan fingerprint density at radius 1 is 1.39 bits per heavy atom. The van der Waals surface area contributed by atoms with Gasteiger partial charge in [0.05, 0.1) is 5.56 Å². The Balaban J connectivity index is 1.92. The number of nitrogens with zero attached hydrogens (tertiary/aromatic N) is 1. The van der Waals surface area contributed by atoms with Crippen molar-refractivity contribution in [3.8, 4) is 0 Å². The first-order valence-corrected chi connectivity index (χ1v) is 7.07. The molecule has 1 saturated heterocycles. The molecule has 0 spiro atoms. The van der Waals surface area contributed by atoms with E-state index in [0.717, 1.165) is 36.9 Å². The summed E-state index contributed by atoms with van der Waals surface area (Å²) in [4.78, 5) is 14.8. The molecule has 1 aromatic carbocycles. The number of fused-ring (bicyclic) bond motifs is 1. The van der Waals surface area contributed by atoms with Crippen LogP contribution >= 0.6 is 15.9 Å². The van der Waals surface area contributed by atoms with Crippen LogP contribution in [0, 0.1) is 0 Å². The molecule has 3 nitrogen and oxygen atoms in total. The van der Waals surface area contributed by atoms with Crippen molar-refractivity contribution in [3.05, 3.63) is 36.1 Å². The van der Waals surface area contributed by atoms with Crippen molar-refractivity contribution in [1.82, 2.24) is 4.90 Å². The molecule has 0 saturated carbocycles. The molecule has 0 radical (unpaired) electrons. The van der Waals surface area contributed by atoms with Gasteiger partial charge in [0.1, 0.15) is 11.8 Å². The Bertz CT molecular complexity index is 578. The van der Waals surface area contributed by atoms with Gasteiger partial charge in [-0.1, -0.05) is 34.1 Å². The first-order chi connectivity index (χ1) is 8.75. The fourth-order valence-corrected chi connectivity index (χ4v) is 3.10. The Kier molecular flexibility index (Phi) is 3.12. The predicted octanol–water partition coefficient (Wildman–Crippen LogP) is 3.43. The minimum absolute atomic E-state index is 0.0732. The molecule has 94 valence electrons. The number of alkyl halides is 1. The molecule has 18 heavy (non-hydrogen) atoms. The van der Waals surface area contributed by atoms with Crippen LogP contribution in [0.4, 0.5) is 0 Å². The van der Waals surface area contributed by atoms with Gasteiger partial charge in [-0.05, 0) is 18.9 Å². The number of carbonyl (C=O) groups is 1. The van der Waals surface area contributed by atoms with E-state index in [4.69, 9.17) is 4.42 Å². The monoisotopic (exact) mass is 307 g/mol. The van der Waals surface area contributed by atoms with Gasteiger partial charge in [-0.2, -0.15) is 0 Å². The van der Waals surface area contributed by atoms with E-state index in [-0.39, 0.29) is 5.91 Å². The van der Waals surface area contributed by atoms with Gasteiger partial charge in [-0.3, -0.25) is 4.79 Å². The summed E-state index contributed by atoms with van der Waals surface area (Å²) in [5.74, 6) is 0.0732. The van der Waals surface area contributed by atoms with Crippen LogP contribution in [-0.2, 0) is 0 Å². The average Bonchev–Trinajstić information content (AvgIpc) is 2.82. The molecular formula is C14H14BrNO2. The Labute approximate surface area is 114 Å². The summed E-state index contributed by atoms with van der Waals surface area (Å²) in [5, 5.41) is 0.902. The summed E-state index contributed by atoms with van der Waals surface area (Å²) < 4.78 is 5.43. The number of halogens is 1. The van der Waals surface area contributed by atoms with E-state index < -0.39 is 0 Å². The van der Waals surface area contributed by atoms with Crippen LogP contribution in [0.1, 0.15) is 23.2 Å². The van der Waals surface area contributed by atoms with Crippen LogP contribution in [0.15, 0.2) is 34.9 Å². The third-order valence-corrected chi connectivity index (χ3v) is 4.11. The zero-order valence-electron chi connectivity index (χ0n) is 9.93. The summed E-state index contributed by atoms with van der Waals surface area (Å²) in [5.41, 5.74) is 1.44. The first kappa shape index (κ1) is 11.8. The number of furan rings is 1. The van der Waals surface area contributed by atoms with Crippen molar-refractivity contribution in [2.24, 2.45) is 0 Å². The van der Waals surface area contributed by atoms with Crippen molar-refractivity contribution in [1.29, 1.82) is 0 Å². The summed E-state index contributed by atoms with van der Waals surface area (Å²) in [7, 11) is 0. The lowest BCUT2D eigenvalue weighted by atomic mass is 10.1. The fourth-order valence-electron chi connectivity index (χ4n) is 2.42. The van der Waals surface area contributed by atoms with Gasteiger partial charge in [0.25, 0.3) is 5.91 Å². The zero-order valence-corrected chi connectivity index (χ0v) is 11.5. The first-order valence-electron chi connectivity index (χ1n) is 6.15. The Morgan fingerprint density at radius 2 is 2.22 bits per heavy atom. The van der Waals surface area contributed by atoms with Crippen LogP contribution in [0.3, 0.4) is 0 Å². The Morgan fingerprint density at radius 3 is 3.06 bits per heavy atom. The lowest BCUT2D eigenvalue weighted by molar-refractivity contribution is 0.0731. The van der Waals surface area contributed by atoms with Gasteiger partial charge in [-0.15, -0.1) is 0 Å². The van der Waals surface area contributed by atoms with Crippen molar-refractivity contribution in [2.75, 3.05) is 13.1 Å². The molecule has 0 N–H and O–H groups in total. The number of carbonyl (C=O) groups excluding carboxylic acids is 1. The second kappa shape index (κ2) is 4.76. The van der Waals surface area contributed by atoms with E-state index in [9.17, 15) is 4.79 Å². The van der Waals surface area contributed by atoms with Crippen molar-refractivity contribution >= 4 is 32.8 Å². The van der Waals surface area contributed by atoms with Gasteiger partial charge in [0, 0.05) is 23.3 Å². The number of likely N-dealkylation sites (tertiary alicyclic amines) is 1. The highest BCUT2D eigenvalue weighted by Gasteiger charge is 2.25. The highest BCUT2D eigenvalue weighted by atomic mass is 79.9. The number of hydrogen-bond donors (Lipinski definition) is 0. The summed E-state index contributed by atoms with van der Waals surface area (Å²) in [6.07, 6.45) is 3.76. The van der Waals surface area contributed by atoms with E-state index in [1.165, 1.54) is 0 Å². The second-order valence-corrected chi connectivity index (χ2v) is 5.93. The standard InChI is InChI=1S/C14H14BrNO2/c15-10-4-3-7-16(8-10)14(17)12-9-18-13-6-2-1-5-11(12)13/h1-2,5-6,9-10H,3-4,7-8H2. The van der Waals surface area contributed by atoms with E-state index in [1.807, 2.05) is 29.2 Å². The fraction of sp³-hybridized carbons (Fsp3) is 0.357. The lowest BCUT2D eigenvalue weighted by Gasteiger charge is -2.29. The third-order valence-electron chi connectivity index (χ3n) is 3.36. The van der Waals surface area contributed by atoms with Gasteiger partial charge in [-0.25, -0.2) is 0 Å². The summed E-state index contributed by atoms with van der Waals surface area (Å²) in [6.45, 7) is 1.61. The number of hydrogen-bond acceptors (Lipinski definition) is 2. The number of para-hydroxylation sites is 1. The lowest BCUT2D eigenvalue weighted by Crippen LogP contribution is -2.40. The topological polar surface area (TPSA) is 33.5 Å². The molecule has 3 rings (SSSR count). The maximum atomic E-state index is 12.5. The maximum Gasteiger partial charge on any atom is 0.257 e. The Hall–Kier alpha value is -1.29. The summed E-state index contributed by atoms with van der Waals surface area (Å²) >= 11 is 3.59. The highest BCUT2D eigenvalue weighted by molar-refractivity contribution is 9.09. The summed E-state index contributed by atoms with van der Waals surface area (Å²) in [6, 6.07) is 7.66. The minimum Gasteiger partial charge on any atom is -0.463 e. The zero-order chi connectivity index (χ0) is 12.5. The molecule has 2 heterocycles. The molecule has 1 amide bonds. The van der Waals surface area contributed by atoms with Crippen LogP contribution < -0.4 is 0 Å². The number of rotatable bonds is 1. The van der Waals surface area contributed by atoms with E-state index in [2.05, 4.69) is 15.9 Å². The van der Waals surface area contributed by atoms with Crippen LogP contribution in [0.25, 0.3) is 11.0 Å². The highest BCUT2D eigenvalue weighted by Crippen LogP contribution is 2.24. The molecule has 1 fully saturated rings. The SMILES string of the molecule is O=C(c1coc2ccccc12)N1CCCC(Br)C1. The molecule has 2 aromatic rings. The van der Waals surface area contributed by atoms with Crippen LogP contribution in [0.2, 0.25) is 0 Å². The van der Waals surface area contributed by atoms with Gasteiger partial charge in [0.15, 0.2) is 0 Å². The van der Waals surface area contributed by atoms with Gasteiger partial charge < -0.3 is 9.32 Å². The minimum atomic E-state index is 0.0732. The van der Waals surface area contributed by atoms with Gasteiger partial charge in [0.2, 0.25) is 0 Å². The van der Waals surface area contributed by atoms with Gasteiger partial charge >= 0.3 is 0 Å². The number of amides is 1. The molecular weight excluding hydrogens is 294 g/mol. The predicted molar refractivity (Wildman–Crippen MR) is 74.1 cm³/mol. The molecule has 1 aromatic heterocycles. The quantitative estimate of drug-likeness (QED) is 0.756. The van der Waals surface area contributed by atoms with Crippen molar-refractivity contribution in [2.45, 2.75) is 17.7 Å². The molecule has 1 unspecified atom stereocenters. The number of benzene rings is 1.